The lowest BCUT2D eigenvalue weighted by Crippen LogP contribution is -2.49. The molecule has 0 aromatic heterocycles. The van der Waals surface area contributed by atoms with Gasteiger partial charge in [-0.15, -0.1) is 0 Å². The number of rotatable bonds is 6. The number of hydrogen-bond donors (Lipinski definition) is 1. The van der Waals surface area contributed by atoms with Crippen LogP contribution >= 0.6 is 0 Å². The van der Waals surface area contributed by atoms with Crippen LogP contribution in [0.5, 0.6) is 5.75 Å². The molecule has 2 fully saturated rings. The number of benzene rings is 2. The molecule has 0 spiro atoms. The number of methoxy groups -OCH3 is 1. The van der Waals surface area contributed by atoms with E-state index < -0.39 is 0 Å². The molecule has 0 bridgehead atoms. The molecule has 1 aliphatic carbocycles. The molecular weight excluding hydrogens is 366 g/mol. The summed E-state index contributed by atoms with van der Waals surface area (Å²) in [5.41, 5.74) is 2.02. The maximum Gasteiger partial charge on any atom is 0.228 e. The van der Waals surface area contributed by atoms with Gasteiger partial charge >= 0.3 is 0 Å². The van der Waals surface area contributed by atoms with Crippen LogP contribution in [0.4, 0.5) is 5.69 Å². The fourth-order valence-electron chi connectivity index (χ4n) is 3.87. The Morgan fingerprint density at radius 2 is 1.66 bits per heavy atom. The second-order valence-electron chi connectivity index (χ2n) is 7.75. The fraction of sp³-hybridized carbons (Fsp3) is 0.391. The third-order valence-electron chi connectivity index (χ3n) is 5.73. The molecule has 1 heterocycles. The smallest absolute Gasteiger partial charge is 0.228 e. The van der Waals surface area contributed by atoms with E-state index in [4.69, 9.17) is 4.74 Å². The van der Waals surface area contributed by atoms with Crippen molar-refractivity contribution in [1.82, 2.24) is 9.80 Å². The van der Waals surface area contributed by atoms with Crippen molar-refractivity contribution in [3.8, 4) is 5.75 Å². The number of carbonyl (C=O) groups is 2. The van der Waals surface area contributed by atoms with E-state index in [-0.39, 0.29) is 23.7 Å². The molecule has 152 valence electrons. The van der Waals surface area contributed by atoms with E-state index in [0.717, 1.165) is 44.2 Å². The van der Waals surface area contributed by atoms with E-state index in [0.29, 0.717) is 6.42 Å². The van der Waals surface area contributed by atoms with E-state index in [1.54, 1.807) is 19.2 Å². The number of hydrogen-bond acceptors (Lipinski definition) is 4. The first-order chi connectivity index (χ1) is 14.1. The second kappa shape index (κ2) is 8.66. The highest BCUT2D eigenvalue weighted by Crippen LogP contribution is 2.41. The molecular formula is C23H27N3O3. The van der Waals surface area contributed by atoms with Gasteiger partial charge in [-0.2, -0.15) is 0 Å². The highest BCUT2D eigenvalue weighted by Gasteiger charge is 2.49. The highest BCUT2D eigenvalue weighted by molar-refractivity contribution is 5.99. The summed E-state index contributed by atoms with van der Waals surface area (Å²) in [6.07, 6.45) is 0.644. The average molecular weight is 393 g/mol. The van der Waals surface area contributed by atoms with E-state index in [1.165, 1.54) is 5.56 Å². The van der Waals surface area contributed by atoms with Gasteiger partial charge in [0.2, 0.25) is 11.8 Å². The van der Waals surface area contributed by atoms with E-state index >= 15 is 0 Å². The van der Waals surface area contributed by atoms with Crippen LogP contribution in [0.3, 0.4) is 0 Å². The quantitative estimate of drug-likeness (QED) is 0.820. The van der Waals surface area contributed by atoms with Gasteiger partial charge in [0.25, 0.3) is 0 Å². The lowest BCUT2D eigenvalue weighted by atomic mass is 10.2. The molecule has 29 heavy (non-hydrogen) atoms. The van der Waals surface area contributed by atoms with Crippen molar-refractivity contribution in [2.45, 2.75) is 13.0 Å². The number of nitrogens with zero attached hydrogens (tertiary/aromatic N) is 2. The molecule has 2 atom stereocenters. The Morgan fingerprint density at radius 3 is 2.31 bits per heavy atom. The van der Waals surface area contributed by atoms with Gasteiger partial charge in [0.15, 0.2) is 0 Å². The first kappa shape index (κ1) is 19.5. The molecule has 2 aromatic rings. The van der Waals surface area contributed by atoms with Crippen molar-refractivity contribution >= 4 is 17.5 Å². The zero-order chi connectivity index (χ0) is 20.2. The predicted molar refractivity (Wildman–Crippen MR) is 112 cm³/mol. The molecule has 1 N–H and O–H groups in total. The van der Waals surface area contributed by atoms with Crippen LogP contribution in [-0.4, -0.2) is 54.9 Å². The summed E-state index contributed by atoms with van der Waals surface area (Å²) >= 11 is 0. The average Bonchev–Trinajstić information content (AvgIpc) is 3.56. The van der Waals surface area contributed by atoms with Crippen LogP contribution in [0.2, 0.25) is 0 Å². The van der Waals surface area contributed by atoms with Crippen molar-refractivity contribution in [2.24, 2.45) is 11.8 Å². The normalized spacial score (nSPS) is 21.5. The van der Waals surface area contributed by atoms with Crippen LogP contribution in [0.25, 0.3) is 0 Å². The Kier molecular flexibility index (Phi) is 5.81. The SMILES string of the molecule is COc1ccc(NC(=O)C2CC2C(=O)N2CCN(Cc3ccccc3)CC2)cc1. The molecule has 2 amide bonds. The molecule has 6 nitrogen and oxygen atoms in total. The van der Waals surface area contributed by atoms with Gasteiger partial charge in [0.1, 0.15) is 5.75 Å². The lowest BCUT2D eigenvalue weighted by molar-refractivity contribution is -0.135. The summed E-state index contributed by atoms with van der Waals surface area (Å²) in [7, 11) is 1.61. The fourth-order valence-corrected chi connectivity index (χ4v) is 3.87. The molecule has 2 aliphatic rings. The van der Waals surface area contributed by atoms with Crippen molar-refractivity contribution in [2.75, 3.05) is 38.6 Å². The summed E-state index contributed by atoms with van der Waals surface area (Å²) in [6, 6.07) is 17.6. The van der Waals surface area contributed by atoms with Crippen LogP contribution in [0.1, 0.15) is 12.0 Å². The molecule has 0 radical (unpaired) electrons. The van der Waals surface area contributed by atoms with Gasteiger partial charge < -0.3 is 15.0 Å². The zero-order valence-electron chi connectivity index (χ0n) is 16.7. The van der Waals surface area contributed by atoms with E-state index in [1.807, 2.05) is 23.1 Å². The second-order valence-corrected chi connectivity index (χ2v) is 7.75. The summed E-state index contributed by atoms with van der Waals surface area (Å²) in [5.74, 6) is 0.408. The molecule has 1 aliphatic heterocycles. The van der Waals surface area contributed by atoms with Crippen molar-refractivity contribution < 1.29 is 14.3 Å². The number of piperazine rings is 1. The Morgan fingerprint density at radius 1 is 0.966 bits per heavy atom. The number of amides is 2. The number of ether oxygens (including phenoxy) is 1. The summed E-state index contributed by atoms with van der Waals surface area (Å²) in [5, 5.41) is 2.90. The number of carbonyl (C=O) groups excluding carboxylic acids is 2. The van der Waals surface area contributed by atoms with Crippen molar-refractivity contribution in [3.63, 3.8) is 0 Å². The summed E-state index contributed by atoms with van der Waals surface area (Å²) < 4.78 is 5.12. The van der Waals surface area contributed by atoms with Crippen molar-refractivity contribution in [1.29, 1.82) is 0 Å². The minimum atomic E-state index is -0.216. The third-order valence-corrected chi connectivity index (χ3v) is 5.73. The Hall–Kier alpha value is -2.86. The lowest BCUT2D eigenvalue weighted by Gasteiger charge is -2.35. The van der Waals surface area contributed by atoms with Gasteiger partial charge in [-0.25, -0.2) is 0 Å². The molecule has 2 aromatic carbocycles. The number of nitrogens with one attached hydrogen (secondary N) is 1. The van der Waals surface area contributed by atoms with E-state index in [9.17, 15) is 9.59 Å². The Balaban J connectivity index is 1.23. The minimum Gasteiger partial charge on any atom is -0.497 e. The van der Waals surface area contributed by atoms with Gasteiger partial charge in [-0.1, -0.05) is 30.3 Å². The number of anilines is 1. The minimum absolute atomic E-state index is 0.0729. The molecule has 1 saturated carbocycles. The van der Waals surface area contributed by atoms with Gasteiger partial charge in [-0.05, 0) is 36.2 Å². The van der Waals surface area contributed by atoms with Gasteiger partial charge in [-0.3, -0.25) is 14.5 Å². The molecule has 6 heteroatoms. The molecule has 2 unspecified atom stereocenters. The summed E-state index contributed by atoms with van der Waals surface area (Å²) in [6.45, 7) is 4.12. The maximum atomic E-state index is 12.8. The largest absolute Gasteiger partial charge is 0.497 e. The standard InChI is InChI=1S/C23H27N3O3/c1-29-19-9-7-18(8-10-19)24-22(27)20-15-21(20)23(28)26-13-11-25(12-14-26)16-17-5-3-2-4-6-17/h2-10,20-21H,11-16H2,1H3,(H,24,27). The topological polar surface area (TPSA) is 61.9 Å². The van der Waals surface area contributed by atoms with Gasteiger partial charge in [0.05, 0.1) is 18.9 Å². The predicted octanol–water partition coefficient (Wildman–Crippen LogP) is 2.61. The monoisotopic (exact) mass is 393 g/mol. The summed E-state index contributed by atoms with van der Waals surface area (Å²) in [4.78, 5) is 29.5. The first-order valence-corrected chi connectivity index (χ1v) is 10.1. The van der Waals surface area contributed by atoms with Gasteiger partial charge in [0, 0.05) is 38.4 Å². The Labute approximate surface area is 171 Å². The van der Waals surface area contributed by atoms with Crippen LogP contribution in [0.15, 0.2) is 54.6 Å². The van der Waals surface area contributed by atoms with E-state index in [2.05, 4.69) is 34.5 Å². The van der Waals surface area contributed by atoms with Crippen LogP contribution < -0.4 is 10.1 Å². The maximum absolute atomic E-state index is 12.8. The third kappa shape index (κ3) is 4.77. The van der Waals surface area contributed by atoms with Crippen molar-refractivity contribution in [3.05, 3.63) is 60.2 Å². The first-order valence-electron chi connectivity index (χ1n) is 10.1. The van der Waals surface area contributed by atoms with Crippen LogP contribution in [-0.2, 0) is 16.1 Å². The highest BCUT2D eigenvalue weighted by atomic mass is 16.5. The van der Waals surface area contributed by atoms with Crippen LogP contribution in [0, 0.1) is 11.8 Å². The zero-order valence-corrected chi connectivity index (χ0v) is 16.7. The molecule has 1 saturated heterocycles. The Bertz CT molecular complexity index is 845. The molecule has 4 rings (SSSR count).